The highest BCUT2D eigenvalue weighted by atomic mass is 15.3. The normalized spacial score (nSPS) is 36.4. The van der Waals surface area contributed by atoms with Gasteiger partial charge in [0.25, 0.3) is 0 Å². The van der Waals surface area contributed by atoms with Crippen LogP contribution >= 0.6 is 0 Å². The van der Waals surface area contributed by atoms with Crippen LogP contribution < -0.4 is 5.32 Å². The van der Waals surface area contributed by atoms with E-state index in [-0.39, 0.29) is 0 Å². The molecule has 0 amide bonds. The molecule has 1 unspecified atom stereocenters. The molecule has 3 nitrogen and oxygen atoms in total. The lowest BCUT2D eigenvalue weighted by Crippen LogP contribution is -2.52. The second-order valence-corrected chi connectivity index (χ2v) is 4.88. The molecule has 82 valence electrons. The van der Waals surface area contributed by atoms with Crippen molar-refractivity contribution in [3.8, 4) is 0 Å². The minimum absolute atomic E-state index is 0.727. The van der Waals surface area contributed by atoms with E-state index in [2.05, 4.69) is 29.1 Å². The summed E-state index contributed by atoms with van der Waals surface area (Å²) >= 11 is 0. The first-order valence-electron chi connectivity index (χ1n) is 5.91. The molecule has 2 aliphatic rings. The van der Waals surface area contributed by atoms with Crippen LogP contribution in [0.15, 0.2) is 0 Å². The summed E-state index contributed by atoms with van der Waals surface area (Å²) in [7, 11) is 2.23. The Morgan fingerprint density at radius 3 is 2.86 bits per heavy atom. The van der Waals surface area contributed by atoms with Gasteiger partial charge in [-0.15, -0.1) is 0 Å². The maximum absolute atomic E-state index is 3.57. The Morgan fingerprint density at radius 2 is 2.21 bits per heavy atom. The molecule has 2 aliphatic heterocycles. The van der Waals surface area contributed by atoms with E-state index in [0.29, 0.717) is 0 Å². The quantitative estimate of drug-likeness (QED) is 0.690. The van der Waals surface area contributed by atoms with Crippen LogP contribution in [-0.4, -0.2) is 61.7 Å². The number of rotatable bonds is 2. The Bertz CT molecular complexity index is 177. The third-order valence-electron chi connectivity index (χ3n) is 3.68. The number of nitrogens with one attached hydrogen (secondary N) is 1. The molecular formula is C11H23N3. The van der Waals surface area contributed by atoms with Gasteiger partial charge in [-0.05, 0) is 33.4 Å². The molecule has 0 aromatic carbocycles. The fourth-order valence-electron chi connectivity index (χ4n) is 2.51. The maximum Gasteiger partial charge on any atom is 0.0195 e. The van der Waals surface area contributed by atoms with Crippen molar-refractivity contribution in [1.29, 1.82) is 0 Å². The molecule has 2 saturated heterocycles. The summed E-state index contributed by atoms with van der Waals surface area (Å²) in [5, 5.41) is 3.57. The first-order chi connectivity index (χ1) is 6.75. The van der Waals surface area contributed by atoms with Crippen molar-refractivity contribution < 1.29 is 0 Å². The topological polar surface area (TPSA) is 18.5 Å². The molecule has 2 heterocycles. The van der Waals surface area contributed by atoms with Gasteiger partial charge < -0.3 is 10.2 Å². The lowest BCUT2D eigenvalue weighted by Gasteiger charge is -2.38. The fraction of sp³-hybridized carbons (Fsp3) is 1.00. The van der Waals surface area contributed by atoms with Gasteiger partial charge in [-0.25, -0.2) is 0 Å². The average Bonchev–Trinajstić information content (AvgIpc) is 2.64. The van der Waals surface area contributed by atoms with Crippen LogP contribution in [0.1, 0.15) is 19.8 Å². The zero-order chi connectivity index (χ0) is 9.97. The van der Waals surface area contributed by atoms with Gasteiger partial charge in [-0.2, -0.15) is 0 Å². The highest BCUT2D eigenvalue weighted by molar-refractivity contribution is 4.82. The number of hydrogen-bond donors (Lipinski definition) is 1. The fourth-order valence-corrected chi connectivity index (χ4v) is 2.51. The zero-order valence-corrected chi connectivity index (χ0v) is 9.50. The van der Waals surface area contributed by atoms with Gasteiger partial charge in [0, 0.05) is 38.3 Å². The molecule has 0 aromatic heterocycles. The number of likely N-dealkylation sites (N-methyl/N-ethyl adjacent to an activating group) is 1. The van der Waals surface area contributed by atoms with Gasteiger partial charge in [-0.1, -0.05) is 0 Å². The summed E-state index contributed by atoms with van der Waals surface area (Å²) < 4.78 is 0. The Kier molecular flexibility index (Phi) is 3.42. The summed E-state index contributed by atoms with van der Waals surface area (Å²) in [6.07, 6.45) is 2.74. The molecule has 0 aliphatic carbocycles. The van der Waals surface area contributed by atoms with Crippen molar-refractivity contribution in [2.75, 3.05) is 39.8 Å². The van der Waals surface area contributed by atoms with Crippen molar-refractivity contribution in [2.24, 2.45) is 0 Å². The summed E-state index contributed by atoms with van der Waals surface area (Å²) in [5.41, 5.74) is 0. The SMILES string of the molecule is CC1CN(C[C@@H]2CCCN2)CCN1C. The van der Waals surface area contributed by atoms with Crippen molar-refractivity contribution in [2.45, 2.75) is 31.8 Å². The summed E-state index contributed by atoms with van der Waals surface area (Å²) in [6.45, 7) is 8.54. The van der Waals surface area contributed by atoms with Crippen LogP contribution in [0.4, 0.5) is 0 Å². The van der Waals surface area contributed by atoms with E-state index >= 15 is 0 Å². The first kappa shape index (κ1) is 10.4. The van der Waals surface area contributed by atoms with Gasteiger partial charge in [0.1, 0.15) is 0 Å². The Labute approximate surface area is 87.4 Å². The van der Waals surface area contributed by atoms with Crippen molar-refractivity contribution >= 4 is 0 Å². The molecule has 14 heavy (non-hydrogen) atoms. The molecule has 3 heteroatoms. The van der Waals surface area contributed by atoms with Crippen LogP contribution in [0.2, 0.25) is 0 Å². The van der Waals surface area contributed by atoms with Gasteiger partial charge in [0.2, 0.25) is 0 Å². The molecule has 0 spiro atoms. The van der Waals surface area contributed by atoms with Crippen LogP contribution in [0.5, 0.6) is 0 Å². The predicted molar refractivity (Wildman–Crippen MR) is 59.6 cm³/mol. The summed E-state index contributed by atoms with van der Waals surface area (Å²) in [4.78, 5) is 5.08. The monoisotopic (exact) mass is 197 g/mol. The van der Waals surface area contributed by atoms with E-state index in [0.717, 1.165) is 12.1 Å². The van der Waals surface area contributed by atoms with E-state index in [4.69, 9.17) is 0 Å². The van der Waals surface area contributed by atoms with Crippen molar-refractivity contribution in [3.63, 3.8) is 0 Å². The summed E-state index contributed by atoms with van der Waals surface area (Å²) in [5.74, 6) is 0. The molecular weight excluding hydrogens is 174 g/mol. The molecule has 0 radical (unpaired) electrons. The van der Waals surface area contributed by atoms with E-state index in [1.807, 2.05) is 0 Å². The predicted octanol–water partition coefficient (Wildman–Crippen LogP) is 0.374. The molecule has 0 aromatic rings. The average molecular weight is 197 g/mol. The standard InChI is InChI=1S/C11H23N3/c1-10-8-14(7-6-13(10)2)9-11-4-3-5-12-11/h10-12H,3-9H2,1-2H3/t10?,11-/m0/s1. The van der Waals surface area contributed by atoms with Gasteiger partial charge in [0.05, 0.1) is 0 Å². The Hall–Kier alpha value is -0.120. The number of nitrogens with zero attached hydrogens (tertiary/aromatic N) is 2. The molecule has 1 N–H and O–H groups in total. The van der Waals surface area contributed by atoms with Crippen molar-refractivity contribution in [1.82, 2.24) is 15.1 Å². The molecule has 2 atom stereocenters. The second kappa shape index (κ2) is 4.60. The van der Waals surface area contributed by atoms with Crippen LogP contribution in [-0.2, 0) is 0 Å². The third kappa shape index (κ3) is 2.47. The van der Waals surface area contributed by atoms with Crippen molar-refractivity contribution in [3.05, 3.63) is 0 Å². The molecule has 0 saturated carbocycles. The lowest BCUT2D eigenvalue weighted by atomic mass is 10.1. The molecule has 0 bridgehead atoms. The molecule has 2 fully saturated rings. The van der Waals surface area contributed by atoms with E-state index in [9.17, 15) is 0 Å². The minimum atomic E-state index is 0.727. The van der Waals surface area contributed by atoms with Gasteiger partial charge >= 0.3 is 0 Å². The Balaban J connectivity index is 1.75. The first-order valence-corrected chi connectivity index (χ1v) is 5.91. The van der Waals surface area contributed by atoms with E-state index in [1.54, 1.807) is 0 Å². The number of hydrogen-bond acceptors (Lipinski definition) is 3. The van der Waals surface area contributed by atoms with Gasteiger partial charge in [-0.3, -0.25) is 4.90 Å². The van der Waals surface area contributed by atoms with Crippen LogP contribution in [0, 0.1) is 0 Å². The maximum atomic E-state index is 3.57. The number of piperazine rings is 1. The smallest absolute Gasteiger partial charge is 0.0195 e. The Morgan fingerprint density at radius 1 is 1.36 bits per heavy atom. The highest BCUT2D eigenvalue weighted by Gasteiger charge is 2.23. The third-order valence-corrected chi connectivity index (χ3v) is 3.68. The minimum Gasteiger partial charge on any atom is -0.313 e. The second-order valence-electron chi connectivity index (χ2n) is 4.88. The lowest BCUT2D eigenvalue weighted by molar-refractivity contribution is 0.0987. The summed E-state index contributed by atoms with van der Waals surface area (Å²) in [6, 6.07) is 1.50. The van der Waals surface area contributed by atoms with Crippen LogP contribution in [0.25, 0.3) is 0 Å². The zero-order valence-electron chi connectivity index (χ0n) is 9.50. The van der Waals surface area contributed by atoms with Crippen LogP contribution in [0.3, 0.4) is 0 Å². The van der Waals surface area contributed by atoms with E-state index < -0.39 is 0 Å². The highest BCUT2D eigenvalue weighted by Crippen LogP contribution is 2.11. The molecule has 2 rings (SSSR count). The van der Waals surface area contributed by atoms with Gasteiger partial charge in [0.15, 0.2) is 0 Å². The largest absolute Gasteiger partial charge is 0.313 e. The van der Waals surface area contributed by atoms with E-state index in [1.165, 1.54) is 45.6 Å².